The molecule has 4 nitrogen and oxygen atoms in total. The van der Waals surface area contributed by atoms with Crippen LogP contribution in [-0.4, -0.2) is 41.3 Å². The van der Waals surface area contributed by atoms with Crippen molar-refractivity contribution in [1.29, 1.82) is 0 Å². The lowest BCUT2D eigenvalue weighted by Gasteiger charge is -2.34. The Morgan fingerprint density at radius 1 is 1.14 bits per heavy atom. The van der Waals surface area contributed by atoms with Gasteiger partial charge in [-0.15, -0.1) is 10.2 Å². The molecule has 118 valence electrons. The van der Waals surface area contributed by atoms with E-state index >= 15 is 0 Å². The third-order valence-electron chi connectivity index (χ3n) is 4.05. The lowest BCUT2D eigenvalue weighted by atomic mass is 10.1. The monoisotopic (exact) mass is 316 g/mol. The summed E-state index contributed by atoms with van der Waals surface area (Å²) in [6, 6.07) is 8.82. The topological polar surface area (TPSA) is 32.3 Å². The molecule has 2 aromatic rings. The Bertz CT molecular complexity index is 602. The van der Waals surface area contributed by atoms with Gasteiger partial charge >= 0.3 is 0 Å². The van der Waals surface area contributed by atoms with Crippen molar-refractivity contribution < 1.29 is 0 Å². The molecule has 0 saturated carbocycles. The molecule has 0 radical (unpaired) electrons. The molecule has 1 saturated heterocycles. The minimum atomic E-state index is 1.05. The third kappa shape index (κ3) is 3.84. The van der Waals surface area contributed by atoms with Crippen molar-refractivity contribution in [3.05, 3.63) is 40.4 Å². The molecule has 1 aliphatic rings. The number of hydrogen-bond donors (Lipinski definition) is 0. The fraction of sp³-hybridized carbons (Fsp3) is 0.529. The Hall–Kier alpha value is -1.46. The van der Waals surface area contributed by atoms with Gasteiger partial charge in [0.05, 0.1) is 0 Å². The largest absolute Gasteiger partial charge is 0.344 e. The summed E-state index contributed by atoms with van der Waals surface area (Å²) in [7, 11) is 0. The van der Waals surface area contributed by atoms with Gasteiger partial charge < -0.3 is 4.90 Å². The fourth-order valence-electron chi connectivity index (χ4n) is 2.85. The smallest absolute Gasteiger partial charge is 0.208 e. The second-order valence-corrected chi connectivity index (χ2v) is 7.02. The van der Waals surface area contributed by atoms with Gasteiger partial charge in [0.1, 0.15) is 5.01 Å². The molecule has 1 aromatic carbocycles. The summed E-state index contributed by atoms with van der Waals surface area (Å²) in [5.74, 6) is 0. The van der Waals surface area contributed by atoms with E-state index in [1.807, 2.05) is 0 Å². The molecule has 0 amide bonds. The first-order chi connectivity index (χ1) is 10.7. The van der Waals surface area contributed by atoms with E-state index in [1.165, 1.54) is 16.1 Å². The number of piperazine rings is 1. The van der Waals surface area contributed by atoms with Gasteiger partial charge in [-0.25, -0.2) is 0 Å². The average Bonchev–Trinajstić information content (AvgIpc) is 2.97. The molecule has 0 unspecified atom stereocenters. The molecule has 5 heteroatoms. The van der Waals surface area contributed by atoms with Crippen LogP contribution >= 0.6 is 11.3 Å². The number of anilines is 1. The highest BCUT2D eigenvalue weighted by Gasteiger charge is 2.20. The summed E-state index contributed by atoms with van der Waals surface area (Å²) in [4.78, 5) is 4.91. The van der Waals surface area contributed by atoms with E-state index in [0.717, 1.165) is 50.7 Å². The molecule has 0 N–H and O–H groups in total. The number of aryl methyl sites for hydroxylation is 2. The van der Waals surface area contributed by atoms with E-state index in [1.54, 1.807) is 11.3 Å². The van der Waals surface area contributed by atoms with Gasteiger partial charge in [0.15, 0.2) is 0 Å². The van der Waals surface area contributed by atoms with Crippen LogP contribution in [-0.2, 0) is 13.0 Å². The standard InChI is InChI=1S/C17H24N4S/c1-3-5-16-18-19-17(22-16)21-10-8-20(9-11-21)13-15-7-4-6-14(2)12-15/h4,6-7,12H,3,5,8-11,13H2,1-2H3. The highest BCUT2D eigenvalue weighted by molar-refractivity contribution is 7.15. The molecule has 22 heavy (non-hydrogen) atoms. The van der Waals surface area contributed by atoms with Gasteiger partial charge in [0.2, 0.25) is 5.13 Å². The first kappa shape index (κ1) is 15.4. The SMILES string of the molecule is CCCc1nnc(N2CCN(Cc3cccc(C)c3)CC2)s1. The molecule has 0 spiro atoms. The summed E-state index contributed by atoms with van der Waals surface area (Å²) in [6.45, 7) is 9.68. The van der Waals surface area contributed by atoms with Gasteiger partial charge in [-0.05, 0) is 18.9 Å². The highest BCUT2D eigenvalue weighted by Crippen LogP contribution is 2.22. The summed E-state index contributed by atoms with van der Waals surface area (Å²) in [5, 5.41) is 10.9. The van der Waals surface area contributed by atoms with Gasteiger partial charge in [0.25, 0.3) is 0 Å². The number of aromatic nitrogens is 2. The molecule has 0 atom stereocenters. The normalized spacial score (nSPS) is 16.2. The minimum absolute atomic E-state index is 1.05. The summed E-state index contributed by atoms with van der Waals surface area (Å²) in [6.07, 6.45) is 2.18. The average molecular weight is 316 g/mol. The quantitative estimate of drug-likeness (QED) is 0.848. The Balaban J connectivity index is 1.53. The fourth-order valence-corrected chi connectivity index (χ4v) is 3.85. The first-order valence-corrected chi connectivity index (χ1v) is 8.91. The van der Waals surface area contributed by atoms with Crippen molar-refractivity contribution in [3.63, 3.8) is 0 Å². The maximum atomic E-state index is 4.36. The number of nitrogens with zero attached hydrogens (tertiary/aromatic N) is 4. The van der Waals surface area contributed by atoms with E-state index in [9.17, 15) is 0 Å². The predicted octanol–water partition coefficient (Wildman–Crippen LogP) is 3.12. The third-order valence-corrected chi connectivity index (χ3v) is 5.10. The predicted molar refractivity (Wildman–Crippen MR) is 92.6 cm³/mol. The zero-order chi connectivity index (χ0) is 15.4. The molecule has 2 heterocycles. The zero-order valence-corrected chi connectivity index (χ0v) is 14.3. The van der Waals surface area contributed by atoms with Crippen molar-refractivity contribution in [1.82, 2.24) is 15.1 Å². The maximum absolute atomic E-state index is 4.36. The van der Waals surface area contributed by atoms with Crippen molar-refractivity contribution in [2.45, 2.75) is 33.2 Å². The second-order valence-electron chi connectivity index (χ2n) is 5.98. The summed E-state index contributed by atoms with van der Waals surface area (Å²) in [5.41, 5.74) is 2.75. The molecular formula is C17H24N4S. The van der Waals surface area contributed by atoms with Crippen LogP contribution in [0.25, 0.3) is 0 Å². The van der Waals surface area contributed by atoms with E-state index in [4.69, 9.17) is 0 Å². The van der Waals surface area contributed by atoms with Crippen molar-refractivity contribution in [3.8, 4) is 0 Å². The number of benzene rings is 1. The second kappa shape index (κ2) is 7.20. The van der Waals surface area contributed by atoms with Gasteiger partial charge in [-0.2, -0.15) is 0 Å². The van der Waals surface area contributed by atoms with E-state index in [-0.39, 0.29) is 0 Å². The first-order valence-electron chi connectivity index (χ1n) is 8.10. The minimum Gasteiger partial charge on any atom is -0.344 e. The van der Waals surface area contributed by atoms with Crippen molar-refractivity contribution in [2.75, 3.05) is 31.1 Å². The summed E-state index contributed by atoms with van der Waals surface area (Å²) >= 11 is 1.76. The Kier molecular flexibility index (Phi) is 5.05. The van der Waals surface area contributed by atoms with E-state index in [0.29, 0.717) is 0 Å². The molecular weight excluding hydrogens is 292 g/mol. The van der Waals surface area contributed by atoms with Crippen LogP contribution in [0, 0.1) is 6.92 Å². The Morgan fingerprint density at radius 2 is 1.95 bits per heavy atom. The number of hydrogen-bond acceptors (Lipinski definition) is 5. The van der Waals surface area contributed by atoms with E-state index < -0.39 is 0 Å². The molecule has 0 aliphatic carbocycles. The van der Waals surface area contributed by atoms with Gasteiger partial charge in [-0.1, -0.05) is 48.1 Å². The van der Waals surface area contributed by atoms with Crippen LogP contribution in [0.3, 0.4) is 0 Å². The lowest BCUT2D eigenvalue weighted by molar-refractivity contribution is 0.249. The molecule has 0 bridgehead atoms. The number of rotatable bonds is 5. The van der Waals surface area contributed by atoms with Crippen molar-refractivity contribution in [2.24, 2.45) is 0 Å². The van der Waals surface area contributed by atoms with Crippen LogP contribution in [0.5, 0.6) is 0 Å². The molecule has 1 fully saturated rings. The Morgan fingerprint density at radius 3 is 2.68 bits per heavy atom. The van der Waals surface area contributed by atoms with Crippen molar-refractivity contribution >= 4 is 16.5 Å². The van der Waals surface area contributed by atoms with Crippen LogP contribution in [0.1, 0.15) is 29.5 Å². The lowest BCUT2D eigenvalue weighted by Crippen LogP contribution is -2.45. The molecule has 3 rings (SSSR count). The maximum Gasteiger partial charge on any atom is 0.208 e. The highest BCUT2D eigenvalue weighted by atomic mass is 32.1. The van der Waals surface area contributed by atoms with Gasteiger partial charge in [-0.3, -0.25) is 4.90 Å². The zero-order valence-electron chi connectivity index (χ0n) is 13.5. The van der Waals surface area contributed by atoms with E-state index in [2.05, 4.69) is 58.1 Å². The molecule has 1 aromatic heterocycles. The summed E-state index contributed by atoms with van der Waals surface area (Å²) < 4.78 is 0. The van der Waals surface area contributed by atoms with Gasteiger partial charge in [0, 0.05) is 39.1 Å². The van der Waals surface area contributed by atoms with Crippen LogP contribution in [0.4, 0.5) is 5.13 Å². The Labute approximate surface area is 136 Å². The van der Waals surface area contributed by atoms with Crippen LogP contribution in [0.15, 0.2) is 24.3 Å². The van der Waals surface area contributed by atoms with Crippen LogP contribution < -0.4 is 4.90 Å². The molecule has 1 aliphatic heterocycles. The van der Waals surface area contributed by atoms with Crippen LogP contribution in [0.2, 0.25) is 0 Å².